The topological polar surface area (TPSA) is 70.5 Å². The summed E-state index contributed by atoms with van der Waals surface area (Å²) in [6, 6.07) is 3.47. The fourth-order valence-corrected chi connectivity index (χ4v) is 3.51. The zero-order valence-corrected chi connectivity index (χ0v) is 10.5. The Bertz CT molecular complexity index is 503. The molecule has 100 valence electrons. The number of hydrogen-bond donors (Lipinski definition) is 1. The van der Waals surface area contributed by atoms with Crippen molar-refractivity contribution in [2.75, 3.05) is 6.54 Å². The molecule has 2 unspecified atom stereocenters. The van der Waals surface area contributed by atoms with Crippen LogP contribution in [-0.4, -0.2) is 45.4 Å². The molecule has 0 aromatic carbocycles. The van der Waals surface area contributed by atoms with Crippen LogP contribution in [0.3, 0.4) is 0 Å². The van der Waals surface area contributed by atoms with Crippen molar-refractivity contribution in [2.45, 2.75) is 31.3 Å². The second kappa shape index (κ2) is 4.74. The lowest BCUT2D eigenvalue weighted by Gasteiger charge is -2.32. The van der Waals surface area contributed by atoms with Gasteiger partial charge in [-0.3, -0.25) is 19.5 Å². The van der Waals surface area contributed by atoms with Crippen molar-refractivity contribution in [1.29, 1.82) is 0 Å². The first-order valence-electron chi connectivity index (χ1n) is 6.58. The molecule has 19 heavy (non-hydrogen) atoms. The zero-order chi connectivity index (χ0) is 13.4. The summed E-state index contributed by atoms with van der Waals surface area (Å²) in [7, 11) is 0. The van der Waals surface area contributed by atoms with E-state index in [-0.39, 0.29) is 24.4 Å². The third kappa shape index (κ3) is 2.14. The number of likely N-dealkylation sites (tertiary alicyclic amines) is 1. The van der Waals surface area contributed by atoms with E-state index < -0.39 is 5.97 Å². The highest BCUT2D eigenvalue weighted by molar-refractivity contribution is 6.00. The van der Waals surface area contributed by atoms with E-state index in [9.17, 15) is 9.59 Å². The van der Waals surface area contributed by atoms with E-state index >= 15 is 0 Å². The highest BCUT2D eigenvalue weighted by Gasteiger charge is 2.49. The summed E-state index contributed by atoms with van der Waals surface area (Å²) in [6.07, 6.45) is 6.18. The number of aliphatic carboxylic acids is 1. The van der Waals surface area contributed by atoms with Gasteiger partial charge in [0.2, 0.25) is 0 Å². The molecular formula is C14H16N2O3. The summed E-state index contributed by atoms with van der Waals surface area (Å²) in [6.45, 7) is -0.0438. The van der Waals surface area contributed by atoms with Gasteiger partial charge in [-0.25, -0.2) is 0 Å². The van der Waals surface area contributed by atoms with Gasteiger partial charge in [0.25, 0.3) is 0 Å². The number of fused-ring (bicyclic) bond motifs is 2. The normalized spacial score (nSPS) is 29.6. The molecule has 0 amide bonds. The monoisotopic (exact) mass is 260 g/mol. The molecule has 2 bridgehead atoms. The Hall–Kier alpha value is -1.75. The van der Waals surface area contributed by atoms with E-state index in [0.29, 0.717) is 11.5 Å². The molecule has 5 nitrogen and oxygen atoms in total. The van der Waals surface area contributed by atoms with Crippen molar-refractivity contribution < 1.29 is 14.7 Å². The number of hydrogen-bond acceptors (Lipinski definition) is 4. The minimum Gasteiger partial charge on any atom is -0.480 e. The van der Waals surface area contributed by atoms with E-state index in [0.717, 1.165) is 19.3 Å². The van der Waals surface area contributed by atoms with Crippen LogP contribution in [0.1, 0.15) is 29.6 Å². The number of nitrogens with zero attached hydrogens (tertiary/aromatic N) is 2. The molecule has 1 saturated heterocycles. The van der Waals surface area contributed by atoms with Gasteiger partial charge >= 0.3 is 5.97 Å². The number of carboxylic acid groups (broad SMARTS) is 1. The maximum absolute atomic E-state index is 12.6. The first kappa shape index (κ1) is 12.3. The molecule has 1 N–H and O–H groups in total. The summed E-state index contributed by atoms with van der Waals surface area (Å²) in [5.74, 6) is -0.546. The first-order valence-corrected chi connectivity index (χ1v) is 6.58. The molecule has 1 aliphatic heterocycles. The van der Waals surface area contributed by atoms with Gasteiger partial charge in [0.15, 0.2) is 5.78 Å². The van der Waals surface area contributed by atoms with Crippen LogP contribution in [0.2, 0.25) is 0 Å². The lowest BCUT2D eigenvalue weighted by molar-refractivity contribution is -0.139. The molecular weight excluding hydrogens is 244 g/mol. The largest absolute Gasteiger partial charge is 0.480 e. The molecule has 1 saturated carbocycles. The second-order valence-electron chi connectivity index (χ2n) is 5.34. The summed E-state index contributed by atoms with van der Waals surface area (Å²) in [5, 5.41) is 9.01. The SMILES string of the molecule is O=C(O)CN1C2CCC(C2)[C@@H]1C(=O)c1cccnc1. The summed E-state index contributed by atoms with van der Waals surface area (Å²) in [4.78, 5) is 29.4. The number of rotatable bonds is 4. The Balaban J connectivity index is 1.85. The molecule has 5 heteroatoms. The van der Waals surface area contributed by atoms with Gasteiger partial charge in [0.05, 0.1) is 12.6 Å². The van der Waals surface area contributed by atoms with Crippen LogP contribution in [0, 0.1) is 5.92 Å². The van der Waals surface area contributed by atoms with Crippen LogP contribution in [0.25, 0.3) is 0 Å². The van der Waals surface area contributed by atoms with Gasteiger partial charge in [-0.05, 0) is 37.3 Å². The van der Waals surface area contributed by atoms with Crippen molar-refractivity contribution in [1.82, 2.24) is 9.88 Å². The first-order chi connectivity index (χ1) is 9.16. The van der Waals surface area contributed by atoms with Crippen molar-refractivity contribution in [3.8, 4) is 0 Å². The van der Waals surface area contributed by atoms with Gasteiger partial charge in [0, 0.05) is 24.0 Å². The van der Waals surface area contributed by atoms with Crippen LogP contribution in [-0.2, 0) is 4.79 Å². The Morgan fingerprint density at radius 3 is 2.95 bits per heavy atom. The Morgan fingerprint density at radius 2 is 2.26 bits per heavy atom. The molecule has 3 atom stereocenters. The molecule has 2 heterocycles. The van der Waals surface area contributed by atoms with E-state index in [1.165, 1.54) is 0 Å². The summed E-state index contributed by atoms with van der Waals surface area (Å²) in [5.41, 5.74) is 0.579. The van der Waals surface area contributed by atoms with Gasteiger partial charge in [-0.15, -0.1) is 0 Å². The molecule has 0 spiro atoms. The predicted molar refractivity (Wildman–Crippen MR) is 67.8 cm³/mol. The maximum atomic E-state index is 12.6. The maximum Gasteiger partial charge on any atom is 0.317 e. The lowest BCUT2D eigenvalue weighted by atomic mass is 9.92. The van der Waals surface area contributed by atoms with Gasteiger partial charge < -0.3 is 5.11 Å². The molecule has 1 aromatic rings. The van der Waals surface area contributed by atoms with Crippen LogP contribution in [0.5, 0.6) is 0 Å². The number of ketones is 1. The van der Waals surface area contributed by atoms with Crippen molar-refractivity contribution in [3.63, 3.8) is 0 Å². The van der Waals surface area contributed by atoms with E-state index in [4.69, 9.17) is 5.11 Å². The summed E-state index contributed by atoms with van der Waals surface area (Å²) < 4.78 is 0. The predicted octanol–water partition coefficient (Wildman–Crippen LogP) is 1.20. The van der Waals surface area contributed by atoms with Gasteiger partial charge in [-0.1, -0.05) is 0 Å². The van der Waals surface area contributed by atoms with Crippen LogP contribution in [0.15, 0.2) is 24.5 Å². The summed E-state index contributed by atoms with van der Waals surface area (Å²) >= 11 is 0. The number of carbonyl (C=O) groups is 2. The van der Waals surface area contributed by atoms with Crippen molar-refractivity contribution >= 4 is 11.8 Å². The number of aromatic nitrogens is 1. The van der Waals surface area contributed by atoms with Crippen molar-refractivity contribution in [2.24, 2.45) is 5.92 Å². The lowest BCUT2D eigenvalue weighted by Crippen LogP contribution is -2.48. The average molecular weight is 260 g/mol. The molecule has 1 aromatic heterocycles. The van der Waals surface area contributed by atoms with Crippen LogP contribution in [0.4, 0.5) is 0 Å². The Kier molecular flexibility index (Phi) is 3.06. The fraction of sp³-hybridized carbons (Fsp3) is 0.500. The van der Waals surface area contributed by atoms with Gasteiger partial charge in [-0.2, -0.15) is 0 Å². The third-order valence-electron chi connectivity index (χ3n) is 4.25. The number of carboxylic acids is 1. The van der Waals surface area contributed by atoms with Crippen LogP contribution >= 0.6 is 0 Å². The Morgan fingerprint density at radius 1 is 1.42 bits per heavy atom. The standard InChI is InChI=1S/C14H16N2O3/c17-12(18)8-16-11-4-3-9(6-11)13(16)14(19)10-2-1-5-15-7-10/h1-2,5,7,9,11,13H,3-4,6,8H2,(H,17,18)/t9?,11?,13-/m1/s1. The number of piperidine rings is 1. The molecule has 1 aliphatic carbocycles. The minimum atomic E-state index is -0.864. The van der Waals surface area contributed by atoms with E-state index in [2.05, 4.69) is 4.98 Å². The molecule has 3 rings (SSSR count). The minimum absolute atomic E-state index is 0.0153. The number of carbonyl (C=O) groups excluding carboxylic acids is 1. The Labute approximate surface area is 111 Å². The zero-order valence-electron chi connectivity index (χ0n) is 10.5. The van der Waals surface area contributed by atoms with Gasteiger partial charge in [0.1, 0.15) is 0 Å². The molecule has 0 radical (unpaired) electrons. The fourth-order valence-electron chi connectivity index (χ4n) is 3.51. The molecule has 2 aliphatic rings. The highest BCUT2D eigenvalue weighted by Crippen LogP contribution is 2.43. The van der Waals surface area contributed by atoms with E-state index in [1.807, 2.05) is 4.90 Å². The second-order valence-corrected chi connectivity index (χ2v) is 5.34. The smallest absolute Gasteiger partial charge is 0.317 e. The average Bonchev–Trinajstić information content (AvgIpc) is 2.99. The number of pyridine rings is 1. The van der Waals surface area contributed by atoms with Crippen molar-refractivity contribution in [3.05, 3.63) is 30.1 Å². The molecule has 2 fully saturated rings. The highest BCUT2D eigenvalue weighted by atomic mass is 16.4. The van der Waals surface area contributed by atoms with Crippen LogP contribution < -0.4 is 0 Å². The number of Topliss-reactive ketones (excluding diaryl/α,β-unsaturated/α-hetero) is 1. The quantitative estimate of drug-likeness (QED) is 0.824. The third-order valence-corrected chi connectivity index (χ3v) is 4.25. The van der Waals surface area contributed by atoms with E-state index in [1.54, 1.807) is 24.5 Å².